The van der Waals surface area contributed by atoms with Gasteiger partial charge in [0.05, 0.1) is 0 Å². The fraction of sp³-hybridized carbons (Fsp3) is 0.421. The summed E-state index contributed by atoms with van der Waals surface area (Å²) in [5, 5.41) is 2.43. The first-order valence-corrected chi connectivity index (χ1v) is 8.26. The van der Waals surface area contributed by atoms with E-state index in [2.05, 4.69) is 30.3 Å². The van der Waals surface area contributed by atoms with E-state index in [4.69, 9.17) is 5.73 Å². The van der Waals surface area contributed by atoms with E-state index in [1.807, 2.05) is 17.0 Å². The Balaban J connectivity index is 1.73. The van der Waals surface area contributed by atoms with Crippen molar-refractivity contribution in [1.82, 2.24) is 4.90 Å². The van der Waals surface area contributed by atoms with Crippen LogP contribution in [0.25, 0.3) is 10.8 Å². The summed E-state index contributed by atoms with van der Waals surface area (Å²) in [5.41, 5.74) is 7.48. The van der Waals surface area contributed by atoms with Crippen LogP contribution < -0.4 is 5.73 Å². The molecule has 1 saturated heterocycles. The molecule has 0 aliphatic carbocycles. The van der Waals surface area contributed by atoms with Crippen LogP contribution in [-0.4, -0.2) is 23.9 Å². The Morgan fingerprint density at radius 2 is 1.77 bits per heavy atom. The maximum atomic E-state index is 12.2. The molecule has 3 heteroatoms. The molecule has 2 aromatic carbocycles. The Hall–Kier alpha value is -1.87. The van der Waals surface area contributed by atoms with Crippen molar-refractivity contribution in [3.63, 3.8) is 0 Å². The zero-order valence-corrected chi connectivity index (χ0v) is 13.0. The number of amides is 1. The minimum Gasteiger partial charge on any atom is -0.341 e. The Morgan fingerprint density at radius 3 is 2.64 bits per heavy atom. The highest BCUT2D eigenvalue weighted by Gasteiger charge is 2.19. The molecule has 3 nitrogen and oxygen atoms in total. The molecule has 3 rings (SSSR count). The molecule has 0 aromatic heterocycles. The van der Waals surface area contributed by atoms with E-state index in [9.17, 15) is 4.79 Å². The predicted octanol–water partition coefficient (Wildman–Crippen LogP) is 3.63. The fourth-order valence-corrected chi connectivity index (χ4v) is 3.19. The van der Waals surface area contributed by atoms with Gasteiger partial charge >= 0.3 is 0 Å². The number of carbonyl (C=O) groups excluding carboxylic acids is 1. The lowest BCUT2D eigenvalue weighted by Crippen LogP contribution is -2.38. The molecule has 0 spiro atoms. The first kappa shape index (κ1) is 15.0. The van der Waals surface area contributed by atoms with Crippen molar-refractivity contribution in [2.75, 3.05) is 13.1 Å². The quantitative estimate of drug-likeness (QED) is 0.940. The molecule has 1 aliphatic rings. The zero-order valence-electron chi connectivity index (χ0n) is 13.0. The lowest BCUT2D eigenvalue weighted by Gasteiger charge is -2.28. The number of nitrogens with zero attached hydrogens (tertiary/aromatic N) is 1. The first-order chi connectivity index (χ1) is 10.7. The molecule has 1 atom stereocenters. The third-order valence-corrected chi connectivity index (χ3v) is 4.54. The molecule has 1 aliphatic heterocycles. The second-order valence-corrected chi connectivity index (χ2v) is 6.22. The second kappa shape index (κ2) is 6.93. The number of fused-ring (bicyclic) bond motifs is 1. The summed E-state index contributed by atoms with van der Waals surface area (Å²) in [7, 11) is 0. The zero-order chi connectivity index (χ0) is 15.4. The molecule has 2 aromatic rings. The number of benzene rings is 2. The highest BCUT2D eigenvalue weighted by molar-refractivity contribution is 5.83. The van der Waals surface area contributed by atoms with Crippen LogP contribution in [0.2, 0.25) is 0 Å². The van der Waals surface area contributed by atoms with Gasteiger partial charge in [0, 0.05) is 25.6 Å². The Labute approximate surface area is 132 Å². The minimum atomic E-state index is -0.118. The van der Waals surface area contributed by atoms with Crippen LogP contribution in [0.15, 0.2) is 42.5 Å². The van der Waals surface area contributed by atoms with E-state index in [-0.39, 0.29) is 11.9 Å². The van der Waals surface area contributed by atoms with Gasteiger partial charge in [-0.3, -0.25) is 4.79 Å². The van der Waals surface area contributed by atoms with E-state index in [1.165, 1.54) is 23.6 Å². The standard InChI is InChI=1S/C19H24N2O/c20-18(14-21-12-6-2-1-3-9-19(21)22)17-11-10-15-7-4-5-8-16(15)13-17/h4-5,7-8,10-11,13,18H,1-3,6,9,12,14,20H2. The van der Waals surface area contributed by atoms with Crippen LogP contribution in [0, 0.1) is 0 Å². The van der Waals surface area contributed by atoms with Gasteiger partial charge in [0.2, 0.25) is 5.91 Å². The third kappa shape index (κ3) is 3.47. The largest absolute Gasteiger partial charge is 0.341 e. The molecular weight excluding hydrogens is 272 g/mol. The van der Waals surface area contributed by atoms with Gasteiger partial charge in [0.15, 0.2) is 0 Å². The molecule has 0 radical (unpaired) electrons. The normalized spacial score (nSPS) is 18.0. The van der Waals surface area contributed by atoms with Gasteiger partial charge in [-0.1, -0.05) is 49.2 Å². The number of nitrogens with two attached hydrogens (primary N) is 1. The first-order valence-electron chi connectivity index (χ1n) is 8.26. The van der Waals surface area contributed by atoms with Gasteiger partial charge in [-0.05, 0) is 35.2 Å². The number of carbonyl (C=O) groups is 1. The number of likely N-dealkylation sites (tertiary alicyclic amines) is 1. The maximum absolute atomic E-state index is 12.2. The predicted molar refractivity (Wildman–Crippen MR) is 90.5 cm³/mol. The van der Waals surface area contributed by atoms with Crippen molar-refractivity contribution in [1.29, 1.82) is 0 Å². The van der Waals surface area contributed by atoms with Gasteiger partial charge in [-0.15, -0.1) is 0 Å². The van der Waals surface area contributed by atoms with Crippen LogP contribution in [-0.2, 0) is 4.79 Å². The van der Waals surface area contributed by atoms with Crippen LogP contribution in [0.4, 0.5) is 0 Å². The van der Waals surface area contributed by atoms with Gasteiger partial charge in [-0.25, -0.2) is 0 Å². The van der Waals surface area contributed by atoms with E-state index in [0.29, 0.717) is 13.0 Å². The molecule has 0 bridgehead atoms. The van der Waals surface area contributed by atoms with Gasteiger partial charge < -0.3 is 10.6 Å². The van der Waals surface area contributed by atoms with Gasteiger partial charge in [0.25, 0.3) is 0 Å². The van der Waals surface area contributed by atoms with Crippen molar-refractivity contribution in [2.45, 2.75) is 38.1 Å². The molecule has 1 unspecified atom stereocenters. The summed E-state index contributed by atoms with van der Waals surface area (Å²) < 4.78 is 0. The average molecular weight is 296 g/mol. The Morgan fingerprint density at radius 1 is 1.00 bits per heavy atom. The molecule has 0 saturated carbocycles. The monoisotopic (exact) mass is 296 g/mol. The lowest BCUT2D eigenvalue weighted by atomic mass is 10.0. The lowest BCUT2D eigenvalue weighted by molar-refractivity contribution is -0.132. The van der Waals surface area contributed by atoms with Crippen LogP contribution >= 0.6 is 0 Å². The van der Waals surface area contributed by atoms with E-state index < -0.39 is 0 Å². The van der Waals surface area contributed by atoms with Crippen molar-refractivity contribution < 1.29 is 4.79 Å². The van der Waals surface area contributed by atoms with Crippen LogP contribution in [0.5, 0.6) is 0 Å². The summed E-state index contributed by atoms with van der Waals surface area (Å²) in [6.07, 6.45) is 5.17. The summed E-state index contributed by atoms with van der Waals surface area (Å²) >= 11 is 0. The maximum Gasteiger partial charge on any atom is 0.222 e. The Kier molecular flexibility index (Phi) is 4.74. The van der Waals surface area contributed by atoms with Crippen LogP contribution in [0.1, 0.15) is 43.7 Å². The molecular formula is C19H24N2O. The average Bonchev–Trinajstić information content (AvgIpc) is 2.54. The fourth-order valence-electron chi connectivity index (χ4n) is 3.19. The molecule has 22 heavy (non-hydrogen) atoms. The van der Waals surface area contributed by atoms with Gasteiger partial charge in [0.1, 0.15) is 0 Å². The highest BCUT2D eigenvalue weighted by atomic mass is 16.2. The SMILES string of the molecule is NC(CN1CCCCCCC1=O)c1ccc2ccccc2c1. The summed E-state index contributed by atoms with van der Waals surface area (Å²) in [5.74, 6) is 0.260. The molecule has 1 fully saturated rings. The summed E-state index contributed by atoms with van der Waals surface area (Å²) in [6.45, 7) is 1.47. The van der Waals surface area contributed by atoms with Crippen molar-refractivity contribution >= 4 is 16.7 Å². The molecule has 1 amide bonds. The molecule has 1 heterocycles. The number of rotatable bonds is 3. The number of hydrogen-bond acceptors (Lipinski definition) is 2. The van der Waals surface area contributed by atoms with E-state index in [1.54, 1.807) is 0 Å². The topological polar surface area (TPSA) is 46.3 Å². The number of hydrogen-bond donors (Lipinski definition) is 1. The van der Waals surface area contributed by atoms with E-state index in [0.717, 1.165) is 24.9 Å². The summed E-state index contributed by atoms with van der Waals surface area (Å²) in [6, 6.07) is 14.5. The van der Waals surface area contributed by atoms with Gasteiger partial charge in [-0.2, -0.15) is 0 Å². The Bertz CT molecular complexity index is 653. The minimum absolute atomic E-state index is 0.118. The van der Waals surface area contributed by atoms with Crippen molar-refractivity contribution in [3.8, 4) is 0 Å². The van der Waals surface area contributed by atoms with Crippen molar-refractivity contribution in [3.05, 3.63) is 48.0 Å². The molecule has 116 valence electrons. The second-order valence-electron chi connectivity index (χ2n) is 6.22. The smallest absolute Gasteiger partial charge is 0.222 e. The summed E-state index contributed by atoms with van der Waals surface area (Å²) in [4.78, 5) is 14.2. The highest BCUT2D eigenvalue weighted by Crippen LogP contribution is 2.21. The third-order valence-electron chi connectivity index (χ3n) is 4.54. The van der Waals surface area contributed by atoms with Crippen LogP contribution in [0.3, 0.4) is 0 Å². The van der Waals surface area contributed by atoms with E-state index >= 15 is 0 Å². The van der Waals surface area contributed by atoms with Crippen molar-refractivity contribution in [2.24, 2.45) is 5.73 Å². The molecule has 2 N–H and O–H groups in total.